The molecule has 0 aliphatic heterocycles. The second kappa shape index (κ2) is 8.62. The van der Waals surface area contributed by atoms with Crippen LogP contribution in [0.1, 0.15) is 23.7 Å². The lowest BCUT2D eigenvalue weighted by molar-refractivity contribution is 0.193. The monoisotopic (exact) mass is 291 g/mol. The van der Waals surface area contributed by atoms with E-state index in [4.69, 9.17) is 4.74 Å². The molecule has 0 bridgehead atoms. The summed E-state index contributed by atoms with van der Waals surface area (Å²) in [6, 6.07) is 18.6. The van der Waals surface area contributed by atoms with E-state index >= 15 is 0 Å². The zero-order valence-electron chi connectivity index (χ0n) is 12.0. The molecule has 108 valence electrons. The van der Waals surface area contributed by atoms with Gasteiger partial charge in [0, 0.05) is 6.42 Å². The van der Waals surface area contributed by atoms with Crippen molar-refractivity contribution in [1.82, 2.24) is 5.32 Å². The Hall–Kier alpha value is -1.51. The third-order valence-corrected chi connectivity index (χ3v) is 3.19. The maximum atomic E-state index is 6.19. The molecule has 0 spiro atoms. The number of hydrogen-bond acceptors (Lipinski definition) is 2. The van der Waals surface area contributed by atoms with Crippen molar-refractivity contribution in [2.45, 2.75) is 19.4 Å². The van der Waals surface area contributed by atoms with Gasteiger partial charge in [-0.25, -0.2) is 0 Å². The summed E-state index contributed by atoms with van der Waals surface area (Å²) in [7, 11) is 1.97. The van der Waals surface area contributed by atoms with Gasteiger partial charge in [0.25, 0.3) is 0 Å². The van der Waals surface area contributed by atoms with Gasteiger partial charge in [0.1, 0.15) is 11.9 Å². The number of nitrogens with one attached hydrogen (secondary N) is 1. The van der Waals surface area contributed by atoms with E-state index in [2.05, 4.69) is 42.6 Å². The highest BCUT2D eigenvalue weighted by Gasteiger charge is 2.13. The van der Waals surface area contributed by atoms with Crippen molar-refractivity contribution >= 4 is 12.4 Å². The molecule has 1 atom stereocenters. The van der Waals surface area contributed by atoms with Gasteiger partial charge >= 0.3 is 0 Å². The van der Waals surface area contributed by atoms with Crippen molar-refractivity contribution in [2.75, 3.05) is 13.6 Å². The molecule has 0 fully saturated rings. The lowest BCUT2D eigenvalue weighted by atomic mass is 10.1. The Labute approximate surface area is 127 Å². The smallest absolute Gasteiger partial charge is 0.125 e. The Balaban J connectivity index is 0.00000200. The van der Waals surface area contributed by atoms with Gasteiger partial charge in [0.2, 0.25) is 0 Å². The largest absolute Gasteiger partial charge is 0.485 e. The molecule has 3 heteroatoms. The second-order valence-corrected chi connectivity index (χ2v) is 4.67. The van der Waals surface area contributed by atoms with Crippen LogP contribution < -0.4 is 10.1 Å². The van der Waals surface area contributed by atoms with Crippen LogP contribution >= 0.6 is 12.4 Å². The summed E-state index contributed by atoms with van der Waals surface area (Å²) in [5.41, 5.74) is 2.40. The van der Waals surface area contributed by atoms with Crippen LogP contribution in [0.2, 0.25) is 0 Å². The first-order chi connectivity index (χ1) is 9.31. The standard InChI is InChI=1S/C17H21NO.ClH/c1-14-8-6-7-11-16(14)19-17(12-13-18-2)15-9-4-3-5-10-15;/h3-11,17-18H,12-13H2,1-2H3;1H/t17-;/m0./s1. The van der Waals surface area contributed by atoms with E-state index in [9.17, 15) is 0 Å². The van der Waals surface area contributed by atoms with E-state index in [1.165, 1.54) is 11.1 Å². The number of para-hydroxylation sites is 1. The molecule has 0 saturated heterocycles. The maximum Gasteiger partial charge on any atom is 0.125 e. The third-order valence-electron chi connectivity index (χ3n) is 3.19. The van der Waals surface area contributed by atoms with Gasteiger partial charge in [0.15, 0.2) is 0 Å². The van der Waals surface area contributed by atoms with Crippen LogP contribution in [-0.2, 0) is 0 Å². The molecule has 0 aromatic heterocycles. The number of rotatable bonds is 6. The Morgan fingerprint density at radius 1 is 1.00 bits per heavy atom. The predicted octanol–water partition coefficient (Wildman–Crippen LogP) is 4.15. The minimum Gasteiger partial charge on any atom is -0.485 e. The fourth-order valence-corrected chi connectivity index (χ4v) is 2.08. The fraction of sp³-hybridized carbons (Fsp3) is 0.294. The molecule has 2 aromatic rings. The summed E-state index contributed by atoms with van der Waals surface area (Å²) in [6.45, 7) is 3.01. The fourth-order valence-electron chi connectivity index (χ4n) is 2.08. The van der Waals surface area contributed by atoms with Gasteiger partial charge in [-0.05, 0) is 37.7 Å². The molecule has 1 N–H and O–H groups in total. The molecule has 20 heavy (non-hydrogen) atoms. The first-order valence-corrected chi connectivity index (χ1v) is 6.73. The van der Waals surface area contributed by atoms with Crippen molar-refractivity contribution in [2.24, 2.45) is 0 Å². The van der Waals surface area contributed by atoms with Crippen LogP contribution in [0.5, 0.6) is 5.75 Å². The van der Waals surface area contributed by atoms with Crippen LogP contribution in [0.25, 0.3) is 0 Å². The number of benzene rings is 2. The minimum absolute atomic E-state index is 0. The highest BCUT2D eigenvalue weighted by molar-refractivity contribution is 5.85. The van der Waals surface area contributed by atoms with Crippen LogP contribution in [0, 0.1) is 6.92 Å². The lowest BCUT2D eigenvalue weighted by Crippen LogP contribution is -2.16. The maximum absolute atomic E-state index is 6.19. The van der Waals surface area contributed by atoms with Crippen LogP contribution in [0.15, 0.2) is 54.6 Å². The van der Waals surface area contributed by atoms with Gasteiger partial charge in [-0.15, -0.1) is 12.4 Å². The first kappa shape index (κ1) is 16.5. The van der Waals surface area contributed by atoms with Crippen molar-refractivity contribution in [3.63, 3.8) is 0 Å². The molecule has 0 unspecified atom stereocenters. The molecule has 0 radical (unpaired) electrons. The van der Waals surface area contributed by atoms with Gasteiger partial charge in [-0.3, -0.25) is 0 Å². The van der Waals surface area contributed by atoms with Crippen LogP contribution in [0.4, 0.5) is 0 Å². The van der Waals surface area contributed by atoms with E-state index in [1.807, 2.05) is 31.3 Å². The quantitative estimate of drug-likeness (QED) is 0.863. The zero-order chi connectivity index (χ0) is 13.5. The molecule has 0 aliphatic carbocycles. The van der Waals surface area contributed by atoms with Crippen LogP contribution in [0.3, 0.4) is 0 Å². The van der Waals surface area contributed by atoms with Gasteiger partial charge in [-0.2, -0.15) is 0 Å². The van der Waals surface area contributed by atoms with Gasteiger partial charge in [-0.1, -0.05) is 48.5 Å². The van der Waals surface area contributed by atoms with Crippen molar-refractivity contribution in [3.05, 3.63) is 65.7 Å². The SMILES string of the molecule is CNCC[C@H](Oc1ccccc1C)c1ccccc1.Cl. The third kappa shape index (κ3) is 4.55. The molecule has 0 heterocycles. The van der Waals surface area contributed by atoms with E-state index in [0.29, 0.717) is 0 Å². The van der Waals surface area contributed by atoms with Gasteiger partial charge < -0.3 is 10.1 Å². The van der Waals surface area contributed by atoms with E-state index in [-0.39, 0.29) is 18.5 Å². The summed E-state index contributed by atoms with van der Waals surface area (Å²) in [5.74, 6) is 0.965. The molecule has 0 aliphatic rings. The Kier molecular flexibility index (Phi) is 7.13. The summed E-state index contributed by atoms with van der Waals surface area (Å²) in [4.78, 5) is 0. The number of hydrogen-bond donors (Lipinski definition) is 1. The van der Waals surface area contributed by atoms with E-state index < -0.39 is 0 Å². The van der Waals surface area contributed by atoms with Crippen molar-refractivity contribution < 1.29 is 4.74 Å². The van der Waals surface area contributed by atoms with Gasteiger partial charge in [0.05, 0.1) is 0 Å². The normalized spacial score (nSPS) is 11.5. The molecular formula is C17H22ClNO. The summed E-state index contributed by atoms with van der Waals surface area (Å²) >= 11 is 0. The number of halogens is 1. The summed E-state index contributed by atoms with van der Waals surface area (Å²) < 4.78 is 6.19. The molecule has 2 nitrogen and oxygen atoms in total. The van der Waals surface area contributed by atoms with Crippen molar-refractivity contribution in [1.29, 1.82) is 0 Å². The molecule has 2 rings (SSSR count). The summed E-state index contributed by atoms with van der Waals surface area (Å²) in [6.07, 6.45) is 1.05. The molecule has 0 amide bonds. The lowest BCUT2D eigenvalue weighted by Gasteiger charge is -2.20. The molecular weight excluding hydrogens is 270 g/mol. The molecule has 2 aromatic carbocycles. The van der Waals surface area contributed by atoms with Crippen molar-refractivity contribution in [3.8, 4) is 5.75 Å². The predicted molar refractivity (Wildman–Crippen MR) is 86.8 cm³/mol. The average Bonchev–Trinajstić information content (AvgIpc) is 2.46. The summed E-state index contributed by atoms with van der Waals surface area (Å²) in [5, 5.41) is 3.19. The number of ether oxygens (including phenoxy) is 1. The zero-order valence-corrected chi connectivity index (χ0v) is 12.8. The van der Waals surface area contributed by atoms with E-state index in [1.54, 1.807) is 0 Å². The average molecular weight is 292 g/mol. The Bertz CT molecular complexity index is 501. The second-order valence-electron chi connectivity index (χ2n) is 4.67. The molecule has 0 saturated carbocycles. The highest BCUT2D eigenvalue weighted by Crippen LogP contribution is 2.26. The van der Waals surface area contributed by atoms with Crippen LogP contribution in [-0.4, -0.2) is 13.6 Å². The first-order valence-electron chi connectivity index (χ1n) is 6.73. The van der Waals surface area contributed by atoms with E-state index in [0.717, 1.165) is 18.7 Å². The Morgan fingerprint density at radius 2 is 1.65 bits per heavy atom. The minimum atomic E-state index is 0. The number of aryl methyl sites for hydroxylation is 1. The topological polar surface area (TPSA) is 21.3 Å². The highest BCUT2D eigenvalue weighted by atomic mass is 35.5. The Morgan fingerprint density at radius 3 is 2.30 bits per heavy atom.